The van der Waals surface area contributed by atoms with Crippen molar-refractivity contribution in [2.24, 2.45) is 0 Å². The molecule has 1 aromatic rings. The maximum absolute atomic E-state index is 5.72. The molecule has 2 nitrogen and oxygen atoms in total. The fourth-order valence-corrected chi connectivity index (χ4v) is 2.38. The Morgan fingerprint density at radius 2 is 2.17 bits per heavy atom. The van der Waals surface area contributed by atoms with Gasteiger partial charge in [-0.1, -0.05) is 24.1 Å². The molecule has 3 heteroatoms. The van der Waals surface area contributed by atoms with Gasteiger partial charge in [-0.2, -0.15) is 0 Å². The lowest BCUT2D eigenvalue weighted by Crippen LogP contribution is -2.25. The molecule has 0 spiro atoms. The maximum atomic E-state index is 5.72. The van der Waals surface area contributed by atoms with Crippen molar-refractivity contribution < 1.29 is 9.47 Å². The number of ether oxygens (including phenoxy) is 2. The minimum Gasteiger partial charge on any atom is -0.353 e. The lowest BCUT2D eigenvalue weighted by Gasteiger charge is -2.23. The fourth-order valence-electron chi connectivity index (χ4n) is 1.74. The summed E-state index contributed by atoms with van der Waals surface area (Å²) in [7, 11) is 0. The van der Waals surface area contributed by atoms with Gasteiger partial charge < -0.3 is 9.47 Å². The standard InChI is InChI=1S/C15H18O2S/c1-13(17-15-9-5-6-11-16-15)10-12-18-14-7-3-2-4-8-14/h2-4,7-8,13,15H,5-6,9,11H2,1H3. The molecule has 0 aliphatic carbocycles. The molecule has 0 N–H and O–H groups in total. The van der Waals surface area contributed by atoms with E-state index in [0.29, 0.717) is 0 Å². The van der Waals surface area contributed by atoms with Crippen molar-refractivity contribution in [2.45, 2.75) is 43.5 Å². The second-order valence-corrected chi connectivity index (χ2v) is 5.12. The molecule has 1 saturated heterocycles. The summed E-state index contributed by atoms with van der Waals surface area (Å²) in [5.41, 5.74) is 0. The quantitative estimate of drug-likeness (QED) is 0.611. The molecule has 1 aliphatic rings. The van der Waals surface area contributed by atoms with Gasteiger partial charge in [-0.15, -0.1) is 0 Å². The molecule has 2 unspecified atom stereocenters. The van der Waals surface area contributed by atoms with Crippen LogP contribution in [0, 0.1) is 11.2 Å². The predicted molar refractivity (Wildman–Crippen MR) is 74.2 cm³/mol. The molecule has 1 heterocycles. The van der Waals surface area contributed by atoms with Crippen molar-refractivity contribution in [1.82, 2.24) is 0 Å². The summed E-state index contributed by atoms with van der Waals surface area (Å²) < 4.78 is 11.2. The van der Waals surface area contributed by atoms with Crippen LogP contribution in [0.5, 0.6) is 0 Å². The van der Waals surface area contributed by atoms with Crippen LogP contribution in [0.1, 0.15) is 26.2 Å². The van der Waals surface area contributed by atoms with E-state index in [1.165, 1.54) is 18.2 Å². The molecule has 0 saturated carbocycles. The fraction of sp³-hybridized carbons (Fsp3) is 0.467. The highest BCUT2D eigenvalue weighted by Crippen LogP contribution is 2.17. The van der Waals surface area contributed by atoms with E-state index < -0.39 is 0 Å². The van der Waals surface area contributed by atoms with E-state index in [1.807, 2.05) is 25.1 Å². The first kappa shape index (κ1) is 13.5. The number of rotatable bonds is 3. The van der Waals surface area contributed by atoms with Crippen LogP contribution < -0.4 is 0 Å². The SMILES string of the molecule is CC(C#CSc1ccccc1)OC1CCCCO1. The second kappa shape index (κ2) is 7.48. The molecule has 0 bridgehead atoms. The van der Waals surface area contributed by atoms with Gasteiger partial charge in [-0.05, 0) is 55.3 Å². The van der Waals surface area contributed by atoms with Crippen LogP contribution in [0.3, 0.4) is 0 Å². The molecule has 2 atom stereocenters. The van der Waals surface area contributed by atoms with Crippen LogP contribution in [0.25, 0.3) is 0 Å². The lowest BCUT2D eigenvalue weighted by molar-refractivity contribution is -0.173. The van der Waals surface area contributed by atoms with Gasteiger partial charge in [0.25, 0.3) is 0 Å². The smallest absolute Gasteiger partial charge is 0.159 e. The van der Waals surface area contributed by atoms with Crippen molar-refractivity contribution in [2.75, 3.05) is 6.61 Å². The second-order valence-electron chi connectivity index (χ2n) is 4.24. The molecule has 18 heavy (non-hydrogen) atoms. The zero-order valence-electron chi connectivity index (χ0n) is 10.6. The monoisotopic (exact) mass is 262 g/mol. The topological polar surface area (TPSA) is 18.5 Å². The van der Waals surface area contributed by atoms with E-state index in [-0.39, 0.29) is 12.4 Å². The Morgan fingerprint density at radius 1 is 1.33 bits per heavy atom. The highest BCUT2D eigenvalue weighted by molar-refractivity contribution is 8.03. The Bertz CT molecular complexity index is 401. The third kappa shape index (κ3) is 4.73. The van der Waals surface area contributed by atoms with Gasteiger partial charge >= 0.3 is 0 Å². The predicted octanol–water partition coefficient (Wildman–Crippen LogP) is 3.67. The normalized spacial score (nSPS) is 20.8. The van der Waals surface area contributed by atoms with Crippen LogP contribution in [0.4, 0.5) is 0 Å². The van der Waals surface area contributed by atoms with E-state index in [2.05, 4.69) is 23.3 Å². The highest BCUT2D eigenvalue weighted by Gasteiger charge is 2.15. The number of thioether (sulfide) groups is 1. The molecule has 0 aromatic heterocycles. The van der Waals surface area contributed by atoms with Gasteiger partial charge in [0.15, 0.2) is 6.29 Å². The Morgan fingerprint density at radius 3 is 2.89 bits per heavy atom. The summed E-state index contributed by atoms with van der Waals surface area (Å²) in [5.74, 6) is 3.09. The van der Waals surface area contributed by atoms with Gasteiger partial charge in [0.05, 0.1) is 0 Å². The van der Waals surface area contributed by atoms with Gasteiger partial charge in [0.2, 0.25) is 0 Å². The van der Waals surface area contributed by atoms with Gasteiger partial charge in [0, 0.05) is 11.5 Å². The van der Waals surface area contributed by atoms with Crippen molar-refractivity contribution in [1.29, 1.82) is 0 Å². The molecular weight excluding hydrogens is 244 g/mol. The molecule has 0 amide bonds. The van der Waals surface area contributed by atoms with E-state index in [1.54, 1.807) is 0 Å². The van der Waals surface area contributed by atoms with Crippen LogP contribution in [0.15, 0.2) is 35.2 Å². The molecule has 0 radical (unpaired) electrons. The Kier molecular flexibility index (Phi) is 5.60. The largest absolute Gasteiger partial charge is 0.353 e. The zero-order valence-corrected chi connectivity index (χ0v) is 11.4. The van der Waals surface area contributed by atoms with E-state index in [9.17, 15) is 0 Å². The summed E-state index contributed by atoms with van der Waals surface area (Å²) in [6.45, 7) is 2.78. The van der Waals surface area contributed by atoms with E-state index in [0.717, 1.165) is 24.3 Å². The molecule has 1 aromatic carbocycles. The van der Waals surface area contributed by atoms with Crippen LogP contribution in [0.2, 0.25) is 0 Å². The number of benzene rings is 1. The average Bonchev–Trinajstić information content (AvgIpc) is 2.41. The van der Waals surface area contributed by atoms with Crippen molar-refractivity contribution >= 4 is 11.8 Å². The summed E-state index contributed by atoms with van der Waals surface area (Å²) in [4.78, 5) is 1.16. The Labute approximate surface area is 113 Å². The van der Waals surface area contributed by atoms with Crippen LogP contribution in [-0.2, 0) is 9.47 Å². The Balaban J connectivity index is 1.75. The highest BCUT2D eigenvalue weighted by atomic mass is 32.2. The third-order valence-corrected chi connectivity index (χ3v) is 3.40. The molecule has 1 fully saturated rings. The van der Waals surface area contributed by atoms with Gasteiger partial charge in [-0.3, -0.25) is 0 Å². The molecule has 2 rings (SSSR count). The summed E-state index contributed by atoms with van der Waals surface area (Å²) in [6, 6.07) is 10.1. The zero-order chi connectivity index (χ0) is 12.6. The first-order valence-electron chi connectivity index (χ1n) is 6.34. The Hall–Kier alpha value is -0.950. The van der Waals surface area contributed by atoms with Gasteiger partial charge in [-0.25, -0.2) is 0 Å². The summed E-state index contributed by atoms with van der Waals surface area (Å²) >= 11 is 1.53. The van der Waals surface area contributed by atoms with Crippen LogP contribution in [-0.4, -0.2) is 19.0 Å². The molecule has 1 aliphatic heterocycles. The van der Waals surface area contributed by atoms with E-state index >= 15 is 0 Å². The lowest BCUT2D eigenvalue weighted by atomic mass is 10.2. The van der Waals surface area contributed by atoms with Gasteiger partial charge in [0.1, 0.15) is 6.10 Å². The van der Waals surface area contributed by atoms with Crippen LogP contribution >= 0.6 is 11.8 Å². The average molecular weight is 262 g/mol. The first-order valence-corrected chi connectivity index (χ1v) is 7.16. The molecular formula is C15H18O2S. The summed E-state index contributed by atoms with van der Waals surface area (Å²) in [6.07, 6.45) is 3.17. The summed E-state index contributed by atoms with van der Waals surface area (Å²) in [5, 5.41) is 3.08. The van der Waals surface area contributed by atoms with Crippen molar-refractivity contribution in [3.05, 3.63) is 30.3 Å². The van der Waals surface area contributed by atoms with E-state index in [4.69, 9.17) is 9.47 Å². The minimum atomic E-state index is -0.0793. The number of hydrogen-bond donors (Lipinski definition) is 0. The van der Waals surface area contributed by atoms with Crippen molar-refractivity contribution in [3.63, 3.8) is 0 Å². The third-order valence-electron chi connectivity index (χ3n) is 2.67. The maximum Gasteiger partial charge on any atom is 0.159 e. The first-order chi connectivity index (χ1) is 8.84. The van der Waals surface area contributed by atoms with Crippen molar-refractivity contribution in [3.8, 4) is 11.2 Å². The minimum absolute atomic E-state index is 0.0650. The number of hydrogen-bond acceptors (Lipinski definition) is 3. The molecule has 96 valence electrons.